The van der Waals surface area contributed by atoms with E-state index >= 15 is 0 Å². The summed E-state index contributed by atoms with van der Waals surface area (Å²) in [4.78, 5) is 0. The van der Waals surface area contributed by atoms with Crippen molar-refractivity contribution in [3.05, 3.63) is 11.2 Å². The Labute approximate surface area is 55.2 Å². The van der Waals surface area contributed by atoms with Crippen molar-refractivity contribution < 1.29 is 32.6 Å². The molecule has 0 aliphatic rings. The molecule has 9 heteroatoms. The highest BCUT2D eigenvalue weighted by molar-refractivity contribution is 8.48. The first-order valence-corrected chi connectivity index (χ1v) is 3.74. The topological polar surface area (TPSA) is 0 Å². The van der Waals surface area contributed by atoms with Crippen LogP contribution in [0.3, 0.4) is 0 Å². The van der Waals surface area contributed by atoms with Crippen LogP contribution in [-0.2, 0) is 0 Å². The molecule has 11 heavy (non-hydrogen) atoms. The lowest BCUT2D eigenvalue weighted by atomic mass is 11.1. The summed E-state index contributed by atoms with van der Waals surface area (Å²) >= 11 is 0. The summed E-state index contributed by atoms with van der Waals surface area (Å²) in [6, 6.07) is 0. The number of halogens is 8. The second kappa shape index (κ2) is 1.65. The normalized spacial score (nSPS) is 18.5. The van der Waals surface area contributed by atoms with Crippen LogP contribution in [0.15, 0.2) is 11.2 Å². The third-order valence-corrected chi connectivity index (χ3v) is 1.32. The van der Waals surface area contributed by atoms with Gasteiger partial charge in [-0.3, -0.25) is 0 Å². The molecule has 0 N–H and O–H groups in total. The van der Waals surface area contributed by atoms with Gasteiger partial charge < -0.3 is 0 Å². The van der Waals surface area contributed by atoms with Crippen molar-refractivity contribution in [2.45, 2.75) is 0 Å². The molecular weight excluding hydrogens is 208 g/mol. The molecule has 0 heterocycles. The van der Waals surface area contributed by atoms with Gasteiger partial charge in [0.15, 0.2) is 0 Å². The average Bonchev–Trinajstić information content (AvgIpc) is 1.57. The van der Waals surface area contributed by atoms with Crippen LogP contribution < -0.4 is 0 Å². The van der Waals surface area contributed by atoms with Gasteiger partial charge in [-0.25, -0.2) is 0 Å². The van der Waals surface area contributed by atoms with Crippen LogP contribution in [0.2, 0.25) is 0 Å². The standard InChI is InChI=1S/C2F8S/c3-1(4)2(5)11(6,7,8,9)10. The molecule has 0 aliphatic carbocycles. The Morgan fingerprint density at radius 2 is 1.00 bits per heavy atom. The van der Waals surface area contributed by atoms with E-state index in [0.717, 1.165) is 0 Å². The molecule has 0 aromatic carbocycles. The van der Waals surface area contributed by atoms with Crippen molar-refractivity contribution in [3.63, 3.8) is 0 Å². The van der Waals surface area contributed by atoms with E-state index in [1.807, 2.05) is 0 Å². The summed E-state index contributed by atoms with van der Waals surface area (Å²) in [5.74, 6) is 0. The molecule has 0 aromatic heterocycles. The van der Waals surface area contributed by atoms with Crippen molar-refractivity contribution in [1.29, 1.82) is 0 Å². The fourth-order valence-corrected chi connectivity index (χ4v) is 0.437. The van der Waals surface area contributed by atoms with Gasteiger partial charge >= 0.3 is 21.5 Å². The zero-order valence-corrected chi connectivity index (χ0v) is 5.25. The van der Waals surface area contributed by atoms with Crippen LogP contribution >= 0.6 is 10.2 Å². The van der Waals surface area contributed by atoms with Gasteiger partial charge in [-0.2, -0.15) is 13.2 Å². The molecule has 0 saturated carbocycles. The first-order chi connectivity index (χ1) is 4.34. The van der Waals surface area contributed by atoms with Gasteiger partial charge in [-0.05, 0) is 0 Å². The van der Waals surface area contributed by atoms with Crippen LogP contribution in [0.25, 0.3) is 0 Å². The molecule has 0 bridgehead atoms. The Balaban J connectivity index is 5.39. The molecular formula is C2F8S. The maximum Gasteiger partial charge on any atom is 0.340 e. The van der Waals surface area contributed by atoms with Gasteiger partial charge in [0.1, 0.15) is 0 Å². The Hall–Kier alpha value is -0.470. The molecule has 0 nitrogen and oxygen atoms in total. The number of rotatable bonds is 1. The summed E-state index contributed by atoms with van der Waals surface area (Å²) in [6.45, 7) is 0. The zero-order valence-electron chi connectivity index (χ0n) is 4.43. The molecule has 70 valence electrons. The van der Waals surface area contributed by atoms with Crippen molar-refractivity contribution in [1.82, 2.24) is 0 Å². The zero-order chi connectivity index (χ0) is 9.56. The molecule has 0 fully saturated rings. The number of hydrogen-bond acceptors (Lipinski definition) is 0. The van der Waals surface area contributed by atoms with Gasteiger partial charge in [0.2, 0.25) is 0 Å². The van der Waals surface area contributed by atoms with Gasteiger partial charge in [-0.1, -0.05) is 19.4 Å². The molecule has 0 amide bonds. The lowest BCUT2D eigenvalue weighted by Crippen LogP contribution is -2.06. The minimum absolute atomic E-state index is 4.07. The summed E-state index contributed by atoms with van der Waals surface area (Å²) in [6.07, 6.45) is -4.07. The maximum atomic E-state index is 11.1. The Morgan fingerprint density at radius 3 is 1.00 bits per heavy atom. The second-order valence-corrected chi connectivity index (χ2v) is 3.80. The number of hydrogen-bond donors (Lipinski definition) is 0. The van der Waals surface area contributed by atoms with Crippen molar-refractivity contribution in [2.24, 2.45) is 0 Å². The maximum absolute atomic E-state index is 11.1. The molecule has 0 radical (unpaired) electrons. The van der Waals surface area contributed by atoms with E-state index in [4.69, 9.17) is 0 Å². The first kappa shape index (κ1) is 10.5. The quantitative estimate of drug-likeness (QED) is 0.563. The Morgan fingerprint density at radius 1 is 0.727 bits per heavy atom. The third-order valence-electron chi connectivity index (χ3n) is 0.487. The van der Waals surface area contributed by atoms with Gasteiger partial charge in [-0.15, -0.1) is 0 Å². The SMILES string of the molecule is FC(F)=C(F)S(F)(F)(F)(F)F. The van der Waals surface area contributed by atoms with Crippen molar-refractivity contribution in [2.75, 3.05) is 0 Å². The highest BCUT2D eigenvalue weighted by atomic mass is 32.5. The molecule has 0 aliphatic heterocycles. The first-order valence-electron chi connectivity index (χ1n) is 1.79. The minimum atomic E-state index is -10.8. The lowest BCUT2D eigenvalue weighted by molar-refractivity contribution is 0.328. The Bertz CT molecular complexity index is 200. The van der Waals surface area contributed by atoms with E-state index in [-0.39, 0.29) is 0 Å². The predicted molar refractivity (Wildman–Crippen MR) is 23.5 cm³/mol. The highest BCUT2D eigenvalue weighted by Crippen LogP contribution is 3.02. The fraction of sp³-hybridized carbons (Fsp3) is 0. The van der Waals surface area contributed by atoms with Crippen LogP contribution in [0.5, 0.6) is 0 Å². The van der Waals surface area contributed by atoms with E-state index in [2.05, 4.69) is 0 Å². The van der Waals surface area contributed by atoms with E-state index < -0.39 is 21.5 Å². The van der Waals surface area contributed by atoms with Crippen molar-refractivity contribution >= 4 is 10.2 Å². The van der Waals surface area contributed by atoms with Gasteiger partial charge in [0.05, 0.1) is 0 Å². The molecule has 0 aromatic rings. The third kappa shape index (κ3) is 2.95. The molecule has 0 rings (SSSR count). The monoisotopic (exact) mass is 208 g/mol. The summed E-state index contributed by atoms with van der Waals surface area (Å²) in [5, 5.41) is -4.58. The van der Waals surface area contributed by atoms with Crippen LogP contribution in [0.1, 0.15) is 0 Å². The summed E-state index contributed by atoms with van der Waals surface area (Å²) in [7, 11) is -10.8. The van der Waals surface area contributed by atoms with E-state index in [0.29, 0.717) is 0 Å². The lowest BCUT2D eigenvalue weighted by Gasteiger charge is -2.37. The smallest absolute Gasteiger partial charge is 0.183 e. The van der Waals surface area contributed by atoms with Gasteiger partial charge in [0.25, 0.3) is 0 Å². The highest BCUT2D eigenvalue weighted by Gasteiger charge is 2.71. The van der Waals surface area contributed by atoms with Crippen LogP contribution in [0.4, 0.5) is 32.6 Å². The second-order valence-electron chi connectivity index (χ2n) is 1.50. The van der Waals surface area contributed by atoms with Crippen LogP contribution in [0, 0.1) is 0 Å². The fourth-order valence-electron chi connectivity index (χ4n) is 0.146. The molecule has 0 spiro atoms. The van der Waals surface area contributed by atoms with E-state index in [9.17, 15) is 32.6 Å². The Kier molecular flexibility index (Phi) is 1.57. The summed E-state index contributed by atoms with van der Waals surface area (Å²) < 4.78 is 87.3. The average molecular weight is 208 g/mol. The van der Waals surface area contributed by atoms with Crippen LogP contribution in [-0.4, -0.2) is 0 Å². The molecule has 0 saturated heterocycles. The molecule has 0 unspecified atom stereocenters. The largest absolute Gasteiger partial charge is 0.340 e. The minimum Gasteiger partial charge on any atom is -0.183 e. The summed E-state index contributed by atoms with van der Waals surface area (Å²) in [5.41, 5.74) is 0. The van der Waals surface area contributed by atoms with Gasteiger partial charge in [0, 0.05) is 0 Å². The van der Waals surface area contributed by atoms with E-state index in [1.165, 1.54) is 0 Å². The predicted octanol–water partition coefficient (Wildman–Crippen LogP) is 4.32. The molecule has 0 atom stereocenters. The van der Waals surface area contributed by atoms with E-state index in [1.54, 1.807) is 0 Å². The van der Waals surface area contributed by atoms with Crippen molar-refractivity contribution in [3.8, 4) is 0 Å².